The SMILES string of the molecule is Cc1cc(C(=O)N/N=C\[C@@H](C)c2ccccc2)n[nH]1. The van der Waals surface area contributed by atoms with E-state index in [1.54, 1.807) is 12.3 Å². The number of aromatic amines is 1. The predicted molar refractivity (Wildman–Crippen MR) is 74.1 cm³/mol. The Hall–Kier alpha value is -2.43. The van der Waals surface area contributed by atoms with Gasteiger partial charge in [0, 0.05) is 17.8 Å². The molecule has 1 atom stereocenters. The number of carbonyl (C=O) groups is 1. The standard InChI is InChI=1S/C14H16N4O/c1-10(12-6-4-3-5-7-12)9-15-18-14(19)13-8-11(2)16-17-13/h3-10H,1-2H3,(H,16,17)(H,18,19)/b15-9-/t10-/m1/s1. The van der Waals surface area contributed by atoms with Gasteiger partial charge in [0.25, 0.3) is 5.91 Å². The van der Waals surface area contributed by atoms with Crippen LogP contribution in [0.15, 0.2) is 41.5 Å². The number of nitrogens with one attached hydrogen (secondary N) is 2. The van der Waals surface area contributed by atoms with Crippen molar-refractivity contribution in [3.63, 3.8) is 0 Å². The minimum atomic E-state index is -0.319. The summed E-state index contributed by atoms with van der Waals surface area (Å²) in [5.41, 5.74) is 4.78. The van der Waals surface area contributed by atoms with Gasteiger partial charge in [-0.15, -0.1) is 0 Å². The van der Waals surface area contributed by atoms with Crippen molar-refractivity contribution in [2.45, 2.75) is 19.8 Å². The van der Waals surface area contributed by atoms with Gasteiger partial charge in [0.05, 0.1) is 0 Å². The van der Waals surface area contributed by atoms with Crippen LogP contribution in [-0.4, -0.2) is 22.3 Å². The van der Waals surface area contributed by atoms with Crippen LogP contribution < -0.4 is 5.43 Å². The van der Waals surface area contributed by atoms with Crippen LogP contribution in [0.4, 0.5) is 0 Å². The maximum absolute atomic E-state index is 11.7. The van der Waals surface area contributed by atoms with Crippen LogP contribution >= 0.6 is 0 Å². The molecule has 1 aromatic carbocycles. The van der Waals surface area contributed by atoms with E-state index < -0.39 is 0 Å². The van der Waals surface area contributed by atoms with E-state index in [0.717, 1.165) is 11.3 Å². The molecule has 2 N–H and O–H groups in total. The number of aryl methyl sites for hydroxylation is 1. The first-order chi connectivity index (χ1) is 9.16. The fourth-order valence-electron chi connectivity index (χ4n) is 1.64. The molecule has 0 fully saturated rings. The number of amides is 1. The number of H-pyrrole nitrogens is 1. The molecule has 5 nitrogen and oxygen atoms in total. The van der Waals surface area contributed by atoms with E-state index in [1.807, 2.05) is 44.2 Å². The maximum atomic E-state index is 11.7. The minimum Gasteiger partial charge on any atom is -0.282 e. The van der Waals surface area contributed by atoms with Gasteiger partial charge in [-0.25, -0.2) is 5.43 Å². The molecule has 0 aliphatic rings. The minimum absolute atomic E-state index is 0.141. The van der Waals surface area contributed by atoms with E-state index >= 15 is 0 Å². The van der Waals surface area contributed by atoms with Gasteiger partial charge in [0.15, 0.2) is 5.69 Å². The summed E-state index contributed by atoms with van der Waals surface area (Å²) in [7, 11) is 0. The summed E-state index contributed by atoms with van der Waals surface area (Å²) < 4.78 is 0. The fraction of sp³-hybridized carbons (Fsp3) is 0.214. The van der Waals surface area contributed by atoms with Gasteiger partial charge in [-0.1, -0.05) is 37.3 Å². The van der Waals surface area contributed by atoms with Crippen LogP contribution in [0.5, 0.6) is 0 Å². The molecule has 5 heteroatoms. The molecule has 0 saturated carbocycles. The zero-order valence-electron chi connectivity index (χ0n) is 10.9. The summed E-state index contributed by atoms with van der Waals surface area (Å²) in [5, 5.41) is 10.5. The van der Waals surface area contributed by atoms with Crippen LogP contribution in [0.1, 0.15) is 34.6 Å². The van der Waals surface area contributed by atoms with E-state index in [0.29, 0.717) is 5.69 Å². The Bertz CT molecular complexity index is 574. The lowest BCUT2D eigenvalue weighted by Gasteiger charge is -2.04. The largest absolute Gasteiger partial charge is 0.291 e. The van der Waals surface area contributed by atoms with Gasteiger partial charge >= 0.3 is 0 Å². The van der Waals surface area contributed by atoms with Gasteiger partial charge in [-0.05, 0) is 18.6 Å². The second kappa shape index (κ2) is 5.95. The Balaban J connectivity index is 1.92. The highest BCUT2D eigenvalue weighted by atomic mass is 16.2. The predicted octanol–water partition coefficient (Wildman–Crippen LogP) is 2.24. The van der Waals surface area contributed by atoms with Crippen molar-refractivity contribution < 1.29 is 4.79 Å². The van der Waals surface area contributed by atoms with Gasteiger partial charge in [-0.3, -0.25) is 9.89 Å². The Labute approximate surface area is 111 Å². The van der Waals surface area contributed by atoms with Crippen LogP contribution in [0, 0.1) is 6.92 Å². The highest BCUT2D eigenvalue weighted by Gasteiger charge is 2.07. The second-order valence-corrected chi connectivity index (χ2v) is 4.35. The summed E-state index contributed by atoms with van der Waals surface area (Å²) in [6, 6.07) is 11.6. The van der Waals surface area contributed by atoms with E-state index in [1.165, 1.54) is 0 Å². The Kier molecular flexibility index (Phi) is 4.07. The Morgan fingerprint density at radius 1 is 1.42 bits per heavy atom. The quantitative estimate of drug-likeness (QED) is 0.650. The van der Waals surface area contributed by atoms with Crippen molar-refractivity contribution in [1.29, 1.82) is 0 Å². The summed E-state index contributed by atoms with van der Waals surface area (Å²) in [6.07, 6.45) is 1.70. The first kappa shape index (κ1) is 13.0. The first-order valence-corrected chi connectivity index (χ1v) is 6.07. The van der Waals surface area contributed by atoms with E-state index in [9.17, 15) is 4.79 Å². The van der Waals surface area contributed by atoms with Crippen LogP contribution in [0.2, 0.25) is 0 Å². The third-order valence-electron chi connectivity index (χ3n) is 2.73. The van der Waals surface area contributed by atoms with E-state index in [2.05, 4.69) is 20.7 Å². The van der Waals surface area contributed by atoms with E-state index in [-0.39, 0.29) is 11.8 Å². The molecule has 1 heterocycles. The molecular formula is C14H16N4O. The molecule has 0 saturated heterocycles. The van der Waals surface area contributed by atoms with Crippen LogP contribution in [0.3, 0.4) is 0 Å². The molecule has 0 aliphatic carbocycles. The average molecular weight is 256 g/mol. The number of hydrogen-bond acceptors (Lipinski definition) is 3. The van der Waals surface area contributed by atoms with Gasteiger partial charge < -0.3 is 0 Å². The highest BCUT2D eigenvalue weighted by Crippen LogP contribution is 2.11. The van der Waals surface area contributed by atoms with Gasteiger partial charge in [0.2, 0.25) is 0 Å². The molecule has 0 spiro atoms. The lowest BCUT2D eigenvalue weighted by Crippen LogP contribution is -2.18. The number of hydrazone groups is 1. The maximum Gasteiger partial charge on any atom is 0.291 e. The topological polar surface area (TPSA) is 70.1 Å². The lowest BCUT2D eigenvalue weighted by molar-refractivity contribution is 0.0950. The fourth-order valence-corrected chi connectivity index (χ4v) is 1.64. The zero-order chi connectivity index (χ0) is 13.7. The molecule has 0 radical (unpaired) electrons. The van der Waals surface area contributed by atoms with Gasteiger partial charge in [-0.2, -0.15) is 10.2 Å². The van der Waals surface area contributed by atoms with Crippen molar-refractivity contribution in [2.75, 3.05) is 0 Å². The number of carbonyl (C=O) groups excluding carboxylic acids is 1. The summed E-state index contributed by atoms with van der Waals surface area (Å²) in [6.45, 7) is 3.86. The molecule has 0 unspecified atom stereocenters. The third kappa shape index (κ3) is 3.51. The van der Waals surface area contributed by atoms with Gasteiger partial charge in [0.1, 0.15) is 0 Å². The van der Waals surface area contributed by atoms with Crippen molar-refractivity contribution >= 4 is 12.1 Å². The first-order valence-electron chi connectivity index (χ1n) is 6.07. The van der Waals surface area contributed by atoms with Crippen molar-refractivity contribution in [1.82, 2.24) is 15.6 Å². The van der Waals surface area contributed by atoms with Crippen molar-refractivity contribution in [3.05, 3.63) is 53.3 Å². The monoisotopic (exact) mass is 256 g/mol. The van der Waals surface area contributed by atoms with Crippen LogP contribution in [0.25, 0.3) is 0 Å². The smallest absolute Gasteiger partial charge is 0.282 e. The van der Waals surface area contributed by atoms with Crippen LogP contribution in [-0.2, 0) is 0 Å². The molecule has 1 aromatic heterocycles. The third-order valence-corrected chi connectivity index (χ3v) is 2.73. The number of nitrogens with zero attached hydrogens (tertiary/aromatic N) is 2. The Morgan fingerprint density at radius 2 is 2.16 bits per heavy atom. The number of rotatable bonds is 4. The molecule has 2 aromatic rings. The average Bonchev–Trinajstić information content (AvgIpc) is 2.86. The summed E-state index contributed by atoms with van der Waals surface area (Å²) >= 11 is 0. The second-order valence-electron chi connectivity index (χ2n) is 4.35. The molecular weight excluding hydrogens is 240 g/mol. The molecule has 98 valence electrons. The lowest BCUT2D eigenvalue weighted by atomic mass is 10.0. The molecule has 0 aliphatic heterocycles. The summed E-state index contributed by atoms with van der Waals surface area (Å²) in [4.78, 5) is 11.7. The molecule has 19 heavy (non-hydrogen) atoms. The highest BCUT2D eigenvalue weighted by molar-refractivity contribution is 5.92. The Morgan fingerprint density at radius 3 is 2.79 bits per heavy atom. The van der Waals surface area contributed by atoms with E-state index in [4.69, 9.17) is 0 Å². The van der Waals surface area contributed by atoms with Crippen molar-refractivity contribution in [2.24, 2.45) is 5.10 Å². The number of benzene rings is 1. The normalized spacial score (nSPS) is 12.5. The van der Waals surface area contributed by atoms with Crippen molar-refractivity contribution in [3.8, 4) is 0 Å². The number of aromatic nitrogens is 2. The summed E-state index contributed by atoms with van der Waals surface area (Å²) in [5.74, 6) is -0.178. The molecule has 0 bridgehead atoms. The zero-order valence-corrected chi connectivity index (χ0v) is 10.9. The number of hydrogen-bond donors (Lipinski definition) is 2. The molecule has 1 amide bonds. The molecule has 2 rings (SSSR count).